The van der Waals surface area contributed by atoms with E-state index < -0.39 is 0 Å². The number of aliphatic imine (C=N–C) groups is 2. The smallest absolute Gasteiger partial charge is 0.152 e. The maximum atomic E-state index is 8.72. The summed E-state index contributed by atoms with van der Waals surface area (Å²) in [5, 5.41) is 17.4. The van der Waals surface area contributed by atoms with Crippen molar-refractivity contribution in [1.82, 2.24) is 19.7 Å². The van der Waals surface area contributed by atoms with E-state index in [0.717, 1.165) is 49.1 Å². The molecule has 9 nitrogen and oxygen atoms in total. The first-order valence-electron chi connectivity index (χ1n) is 10.8. The normalized spacial score (nSPS) is 16.5. The molecule has 0 atom stereocenters. The molecule has 0 spiro atoms. The first kappa shape index (κ1) is 21.0. The minimum Gasteiger partial charge on any atom is -0.491 e. The summed E-state index contributed by atoms with van der Waals surface area (Å²) in [5.41, 5.74) is 8.43. The van der Waals surface area contributed by atoms with Crippen molar-refractivity contribution in [3.05, 3.63) is 35.4 Å². The number of hydrogen-bond acceptors (Lipinski definition) is 8. The van der Waals surface area contributed by atoms with E-state index in [-0.39, 0.29) is 6.10 Å². The second-order valence-electron chi connectivity index (χ2n) is 8.07. The number of nitrogen functional groups attached to an aromatic ring is 1. The monoisotopic (exact) mass is 422 g/mol. The number of nitrogens with zero attached hydrogens (tertiary/aromatic N) is 6. The van der Waals surface area contributed by atoms with Crippen molar-refractivity contribution >= 4 is 22.9 Å². The fraction of sp³-hybridized carbons (Fsp3) is 0.500. The molecule has 0 amide bonds. The number of nitrogens with one attached hydrogen (secondary N) is 1. The molecule has 0 fully saturated rings. The van der Waals surface area contributed by atoms with Gasteiger partial charge in [0.15, 0.2) is 5.82 Å². The van der Waals surface area contributed by atoms with Gasteiger partial charge in [0.1, 0.15) is 24.1 Å². The lowest BCUT2D eigenvalue weighted by Crippen LogP contribution is -2.39. The SMILES string of the molecule is CCc1nnc2n1CCN(C1=NCN=C(C(=N)c3cc(OC(C)C)ccc3N)CC1)C2. The molecule has 0 aliphatic carbocycles. The molecular weight excluding hydrogens is 392 g/mol. The molecule has 2 aliphatic rings. The van der Waals surface area contributed by atoms with E-state index in [1.165, 1.54) is 0 Å². The summed E-state index contributed by atoms with van der Waals surface area (Å²) >= 11 is 0. The van der Waals surface area contributed by atoms with Gasteiger partial charge in [-0.2, -0.15) is 0 Å². The van der Waals surface area contributed by atoms with Gasteiger partial charge in [0.25, 0.3) is 0 Å². The van der Waals surface area contributed by atoms with Crippen LogP contribution < -0.4 is 10.5 Å². The zero-order chi connectivity index (χ0) is 22.0. The van der Waals surface area contributed by atoms with Gasteiger partial charge in [0, 0.05) is 37.2 Å². The minimum atomic E-state index is 0.0561. The number of fused-ring (bicyclic) bond motifs is 1. The Morgan fingerprint density at radius 2 is 2.03 bits per heavy atom. The molecule has 3 N–H and O–H groups in total. The van der Waals surface area contributed by atoms with Crippen LogP contribution in [0.5, 0.6) is 5.75 Å². The third-order valence-corrected chi connectivity index (χ3v) is 5.57. The average molecular weight is 423 g/mol. The van der Waals surface area contributed by atoms with Crippen LogP contribution in [0.25, 0.3) is 0 Å². The maximum absolute atomic E-state index is 8.72. The summed E-state index contributed by atoms with van der Waals surface area (Å²) in [7, 11) is 0. The highest BCUT2D eigenvalue weighted by Crippen LogP contribution is 2.23. The Kier molecular flexibility index (Phi) is 6.01. The van der Waals surface area contributed by atoms with Crippen LogP contribution in [0, 0.1) is 5.41 Å². The molecule has 3 heterocycles. The summed E-state index contributed by atoms with van der Waals surface area (Å²) < 4.78 is 7.98. The Hall–Kier alpha value is -3.23. The molecule has 0 bridgehead atoms. The van der Waals surface area contributed by atoms with Crippen LogP contribution in [0.15, 0.2) is 28.2 Å². The lowest BCUT2D eigenvalue weighted by atomic mass is 10.00. The maximum Gasteiger partial charge on any atom is 0.152 e. The van der Waals surface area contributed by atoms with Gasteiger partial charge in [-0.05, 0) is 38.5 Å². The fourth-order valence-corrected chi connectivity index (χ4v) is 4.01. The van der Waals surface area contributed by atoms with E-state index in [1.807, 2.05) is 26.0 Å². The van der Waals surface area contributed by atoms with E-state index >= 15 is 0 Å². The molecule has 0 radical (unpaired) electrons. The average Bonchev–Trinajstić information content (AvgIpc) is 3.00. The van der Waals surface area contributed by atoms with Crippen molar-refractivity contribution in [1.29, 1.82) is 5.41 Å². The second kappa shape index (κ2) is 8.87. The predicted molar refractivity (Wildman–Crippen MR) is 122 cm³/mol. The number of hydrogen-bond donors (Lipinski definition) is 2. The van der Waals surface area contributed by atoms with Gasteiger partial charge in [-0.1, -0.05) is 6.92 Å². The number of aryl methyl sites for hydroxylation is 1. The van der Waals surface area contributed by atoms with E-state index in [9.17, 15) is 0 Å². The molecule has 31 heavy (non-hydrogen) atoms. The highest BCUT2D eigenvalue weighted by molar-refractivity contribution is 6.48. The van der Waals surface area contributed by atoms with Crippen LogP contribution in [-0.4, -0.2) is 56.2 Å². The van der Waals surface area contributed by atoms with Crippen LogP contribution in [-0.2, 0) is 19.5 Å². The van der Waals surface area contributed by atoms with Crippen molar-refractivity contribution in [2.75, 3.05) is 18.9 Å². The van der Waals surface area contributed by atoms with Crippen LogP contribution in [0.3, 0.4) is 0 Å². The molecule has 0 saturated carbocycles. The number of nitrogens with two attached hydrogens (primary N) is 1. The molecular formula is C22H30N8O. The quantitative estimate of drug-likeness (QED) is 0.567. The van der Waals surface area contributed by atoms with Crippen molar-refractivity contribution in [2.45, 2.75) is 59.2 Å². The minimum absolute atomic E-state index is 0.0561. The van der Waals surface area contributed by atoms with Crippen molar-refractivity contribution in [3.8, 4) is 5.75 Å². The summed E-state index contributed by atoms with van der Waals surface area (Å²) in [5.74, 6) is 3.75. The molecule has 9 heteroatoms. The third kappa shape index (κ3) is 4.45. The molecule has 4 rings (SSSR count). The van der Waals surface area contributed by atoms with Gasteiger partial charge in [-0.3, -0.25) is 10.4 Å². The van der Waals surface area contributed by atoms with Crippen molar-refractivity contribution < 1.29 is 4.74 Å². The topological polar surface area (TPSA) is 118 Å². The Balaban J connectivity index is 1.43. The molecule has 0 unspecified atom stereocenters. The summed E-state index contributed by atoms with van der Waals surface area (Å²) in [4.78, 5) is 11.5. The van der Waals surface area contributed by atoms with E-state index in [4.69, 9.17) is 20.9 Å². The Bertz CT molecular complexity index is 1040. The molecule has 1 aromatic heterocycles. The molecule has 2 aromatic rings. The Labute approximate surface area is 182 Å². The molecule has 0 saturated heterocycles. The van der Waals surface area contributed by atoms with Crippen molar-refractivity contribution in [2.24, 2.45) is 9.98 Å². The van der Waals surface area contributed by atoms with Crippen LogP contribution in [0.1, 0.15) is 50.8 Å². The number of ether oxygens (including phenoxy) is 1. The van der Waals surface area contributed by atoms with E-state index in [2.05, 4.69) is 31.6 Å². The second-order valence-corrected chi connectivity index (χ2v) is 8.07. The third-order valence-electron chi connectivity index (χ3n) is 5.57. The van der Waals surface area contributed by atoms with Gasteiger partial charge in [-0.25, -0.2) is 4.99 Å². The zero-order valence-corrected chi connectivity index (χ0v) is 18.4. The molecule has 2 aliphatic heterocycles. The lowest BCUT2D eigenvalue weighted by Gasteiger charge is -2.30. The molecule has 164 valence electrons. The standard InChI is InChI=1S/C22H30N8O/c1-4-19-27-28-21-12-29(9-10-30(19)21)20-8-7-18(25-13-26-20)22(24)16-11-15(31-14(2)3)5-6-17(16)23/h5-6,11,14,24H,4,7-10,12-13,23H2,1-3H3. The first-order chi connectivity index (χ1) is 15.0. The number of amidine groups is 1. The highest BCUT2D eigenvalue weighted by Gasteiger charge is 2.24. The Morgan fingerprint density at radius 3 is 2.81 bits per heavy atom. The van der Waals surface area contributed by atoms with Gasteiger partial charge in [0.2, 0.25) is 0 Å². The van der Waals surface area contributed by atoms with E-state index in [0.29, 0.717) is 42.3 Å². The van der Waals surface area contributed by atoms with Gasteiger partial charge in [0.05, 0.1) is 24.1 Å². The van der Waals surface area contributed by atoms with E-state index in [1.54, 1.807) is 6.07 Å². The highest BCUT2D eigenvalue weighted by atomic mass is 16.5. The van der Waals surface area contributed by atoms with Gasteiger partial charge >= 0.3 is 0 Å². The van der Waals surface area contributed by atoms with Crippen molar-refractivity contribution in [3.63, 3.8) is 0 Å². The zero-order valence-electron chi connectivity index (χ0n) is 18.4. The summed E-state index contributed by atoms with van der Waals surface area (Å²) in [6.07, 6.45) is 2.33. The molecule has 1 aromatic carbocycles. The van der Waals surface area contributed by atoms with Gasteiger partial charge < -0.3 is 19.9 Å². The fourth-order valence-electron chi connectivity index (χ4n) is 4.01. The summed E-state index contributed by atoms with van der Waals surface area (Å²) in [6, 6.07) is 5.45. The van der Waals surface area contributed by atoms with Crippen LogP contribution >= 0.6 is 0 Å². The number of anilines is 1. The lowest BCUT2D eigenvalue weighted by molar-refractivity contribution is 0.242. The Morgan fingerprint density at radius 1 is 1.19 bits per heavy atom. The van der Waals surface area contributed by atoms with Crippen LogP contribution in [0.4, 0.5) is 5.69 Å². The largest absolute Gasteiger partial charge is 0.491 e. The number of benzene rings is 1. The van der Waals surface area contributed by atoms with Crippen LogP contribution in [0.2, 0.25) is 0 Å². The first-order valence-corrected chi connectivity index (χ1v) is 10.8. The predicted octanol–water partition coefficient (Wildman–Crippen LogP) is 2.68. The van der Waals surface area contributed by atoms with Gasteiger partial charge in [-0.15, -0.1) is 10.2 Å². The number of rotatable bonds is 5. The number of aromatic nitrogens is 3. The summed E-state index contributed by atoms with van der Waals surface area (Å²) in [6.45, 7) is 8.82.